The summed E-state index contributed by atoms with van der Waals surface area (Å²) in [6.07, 6.45) is 0. The predicted octanol–water partition coefficient (Wildman–Crippen LogP) is 4.30. The highest BCUT2D eigenvalue weighted by atomic mass is 32.2. The number of thiophene rings is 1. The molecule has 1 aromatic heterocycles. The Hall–Kier alpha value is -2.84. The van der Waals surface area contributed by atoms with Crippen LogP contribution in [0, 0.1) is 0 Å². The number of hydrogen-bond donors (Lipinski definition) is 0. The number of rotatable bonds is 8. The SMILES string of the molecule is CCOC(=O)CN(c1ccc(Oc2ccccc2)cc1)S(=O)(=O)c1cccs1. The van der Waals surface area contributed by atoms with Crippen LogP contribution in [0.15, 0.2) is 76.3 Å². The molecule has 0 amide bonds. The van der Waals surface area contributed by atoms with E-state index in [0.717, 1.165) is 15.6 Å². The molecule has 0 bridgehead atoms. The van der Waals surface area contributed by atoms with Gasteiger partial charge in [-0.05, 0) is 54.8 Å². The number of benzene rings is 2. The largest absolute Gasteiger partial charge is 0.465 e. The van der Waals surface area contributed by atoms with Gasteiger partial charge in [-0.2, -0.15) is 0 Å². The van der Waals surface area contributed by atoms with E-state index in [1.54, 1.807) is 42.6 Å². The summed E-state index contributed by atoms with van der Waals surface area (Å²) < 4.78 is 37.9. The Labute approximate surface area is 168 Å². The van der Waals surface area contributed by atoms with E-state index >= 15 is 0 Å². The number of hydrogen-bond acceptors (Lipinski definition) is 6. The minimum Gasteiger partial charge on any atom is -0.465 e. The molecule has 0 fully saturated rings. The average Bonchev–Trinajstić information content (AvgIpc) is 3.24. The van der Waals surface area contributed by atoms with Gasteiger partial charge in [-0.3, -0.25) is 9.10 Å². The Kier molecular flexibility index (Phi) is 6.33. The Morgan fingerprint density at radius 3 is 2.25 bits per heavy atom. The first-order valence-corrected chi connectivity index (χ1v) is 10.9. The Morgan fingerprint density at radius 2 is 1.64 bits per heavy atom. The lowest BCUT2D eigenvalue weighted by atomic mass is 10.3. The molecular weight excluding hydrogens is 398 g/mol. The lowest BCUT2D eigenvalue weighted by molar-refractivity contribution is -0.141. The van der Waals surface area contributed by atoms with Crippen LogP contribution in [-0.4, -0.2) is 27.5 Å². The maximum Gasteiger partial charge on any atom is 0.326 e. The molecule has 1 heterocycles. The number of ether oxygens (including phenoxy) is 2. The van der Waals surface area contributed by atoms with Crippen molar-refractivity contribution in [3.63, 3.8) is 0 Å². The van der Waals surface area contributed by atoms with Gasteiger partial charge in [-0.15, -0.1) is 11.3 Å². The maximum absolute atomic E-state index is 13.0. The Bertz CT molecular complexity index is 1000. The highest BCUT2D eigenvalue weighted by molar-refractivity contribution is 7.94. The summed E-state index contributed by atoms with van der Waals surface area (Å²) in [5.41, 5.74) is 0.349. The van der Waals surface area contributed by atoms with Crippen molar-refractivity contribution in [2.75, 3.05) is 17.5 Å². The quantitative estimate of drug-likeness (QED) is 0.511. The van der Waals surface area contributed by atoms with Crippen molar-refractivity contribution in [1.29, 1.82) is 0 Å². The molecule has 0 aliphatic carbocycles. The third-order valence-electron chi connectivity index (χ3n) is 3.72. The molecule has 0 radical (unpaired) electrons. The molecule has 0 atom stereocenters. The van der Waals surface area contributed by atoms with E-state index in [1.807, 2.05) is 30.3 Å². The maximum atomic E-state index is 13.0. The van der Waals surface area contributed by atoms with E-state index in [-0.39, 0.29) is 10.8 Å². The summed E-state index contributed by atoms with van der Waals surface area (Å²) in [6.45, 7) is 1.44. The van der Waals surface area contributed by atoms with Gasteiger partial charge in [0, 0.05) is 0 Å². The molecule has 6 nitrogen and oxygen atoms in total. The van der Waals surface area contributed by atoms with E-state index in [2.05, 4.69) is 0 Å². The predicted molar refractivity (Wildman–Crippen MR) is 108 cm³/mol. The first-order chi connectivity index (χ1) is 13.5. The second-order valence-electron chi connectivity index (χ2n) is 5.66. The van der Waals surface area contributed by atoms with Crippen molar-refractivity contribution in [2.45, 2.75) is 11.1 Å². The zero-order chi connectivity index (χ0) is 20.0. The van der Waals surface area contributed by atoms with Crippen LogP contribution in [0.2, 0.25) is 0 Å². The number of carbonyl (C=O) groups excluding carboxylic acids is 1. The van der Waals surface area contributed by atoms with Gasteiger partial charge in [-0.25, -0.2) is 8.42 Å². The number of nitrogens with zero attached hydrogens (tertiary/aromatic N) is 1. The Balaban J connectivity index is 1.88. The van der Waals surface area contributed by atoms with Gasteiger partial charge < -0.3 is 9.47 Å². The molecule has 0 N–H and O–H groups in total. The number of para-hydroxylation sites is 1. The molecule has 0 spiro atoms. The summed E-state index contributed by atoms with van der Waals surface area (Å²) >= 11 is 1.09. The molecular formula is C20H19NO5S2. The fourth-order valence-electron chi connectivity index (χ4n) is 2.46. The highest BCUT2D eigenvalue weighted by Gasteiger charge is 2.28. The molecule has 2 aromatic carbocycles. The van der Waals surface area contributed by atoms with Gasteiger partial charge in [-0.1, -0.05) is 24.3 Å². The summed E-state index contributed by atoms with van der Waals surface area (Å²) in [5.74, 6) is 0.608. The van der Waals surface area contributed by atoms with Crippen LogP contribution in [0.5, 0.6) is 11.5 Å². The fourth-order valence-corrected chi connectivity index (χ4v) is 4.98. The van der Waals surface area contributed by atoms with E-state index in [0.29, 0.717) is 17.2 Å². The van der Waals surface area contributed by atoms with E-state index in [4.69, 9.17) is 9.47 Å². The summed E-state index contributed by atoms with van der Waals surface area (Å²) in [4.78, 5) is 12.0. The molecule has 0 saturated carbocycles. The topological polar surface area (TPSA) is 72.9 Å². The van der Waals surface area contributed by atoms with Gasteiger partial charge in [0.25, 0.3) is 10.0 Å². The van der Waals surface area contributed by atoms with Gasteiger partial charge in [0.05, 0.1) is 12.3 Å². The molecule has 0 saturated heterocycles. The second-order valence-corrected chi connectivity index (χ2v) is 8.69. The number of esters is 1. The van der Waals surface area contributed by atoms with Gasteiger partial charge >= 0.3 is 5.97 Å². The van der Waals surface area contributed by atoms with Gasteiger partial charge in [0.15, 0.2) is 0 Å². The van der Waals surface area contributed by atoms with Crippen molar-refractivity contribution in [2.24, 2.45) is 0 Å². The van der Waals surface area contributed by atoms with Crippen molar-refractivity contribution >= 4 is 33.0 Å². The van der Waals surface area contributed by atoms with E-state index < -0.39 is 22.5 Å². The molecule has 3 rings (SSSR count). The standard InChI is InChI=1S/C20H19NO5S2/c1-2-25-19(22)15-21(28(23,24)20-9-6-14-27-20)16-10-12-18(13-11-16)26-17-7-4-3-5-8-17/h3-14H,2,15H2,1H3. The molecule has 0 aliphatic rings. The minimum atomic E-state index is -3.89. The lowest BCUT2D eigenvalue weighted by Crippen LogP contribution is -2.36. The summed E-state index contributed by atoms with van der Waals surface area (Å²) in [6, 6.07) is 18.9. The Morgan fingerprint density at radius 1 is 0.964 bits per heavy atom. The summed E-state index contributed by atoms with van der Waals surface area (Å²) in [5, 5.41) is 1.67. The van der Waals surface area contributed by atoms with Gasteiger partial charge in [0.2, 0.25) is 0 Å². The van der Waals surface area contributed by atoms with Crippen LogP contribution >= 0.6 is 11.3 Å². The fraction of sp³-hybridized carbons (Fsp3) is 0.150. The van der Waals surface area contributed by atoms with Crippen LogP contribution in [0.3, 0.4) is 0 Å². The third-order valence-corrected chi connectivity index (χ3v) is 6.87. The van der Waals surface area contributed by atoms with Crippen LogP contribution < -0.4 is 9.04 Å². The normalized spacial score (nSPS) is 11.0. The zero-order valence-electron chi connectivity index (χ0n) is 15.1. The number of sulfonamides is 1. The average molecular weight is 418 g/mol. The number of carbonyl (C=O) groups is 1. The van der Waals surface area contributed by atoms with Gasteiger partial charge in [0.1, 0.15) is 22.3 Å². The van der Waals surface area contributed by atoms with Crippen LogP contribution in [0.4, 0.5) is 5.69 Å². The first-order valence-electron chi connectivity index (χ1n) is 8.55. The van der Waals surface area contributed by atoms with Crippen molar-refractivity contribution in [1.82, 2.24) is 0 Å². The lowest BCUT2D eigenvalue weighted by Gasteiger charge is -2.23. The number of anilines is 1. The second kappa shape index (κ2) is 8.90. The molecule has 0 unspecified atom stereocenters. The van der Waals surface area contributed by atoms with Crippen LogP contribution in [0.1, 0.15) is 6.92 Å². The molecule has 8 heteroatoms. The molecule has 146 valence electrons. The highest BCUT2D eigenvalue weighted by Crippen LogP contribution is 2.29. The smallest absolute Gasteiger partial charge is 0.326 e. The van der Waals surface area contributed by atoms with E-state index in [1.165, 1.54) is 6.07 Å². The first kappa shape index (κ1) is 19.9. The molecule has 3 aromatic rings. The summed E-state index contributed by atoms with van der Waals surface area (Å²) in [7, 11) is -3.89. The van der Waals surface area contributed by atoms with Crippen molar-refractivity contribution < 1.29 is 22.7 Å². The van der Waals surface area contributed by atoms with Crippen molar-refractivity contribution in [3.05, 3.63) is 72.1 Å². The zero-order valence-corrected chi connectivity index (χ0v) is 16.8. The minimum absolute atomic E-state index is 0.154. The van der Waals surface area contributed by atoms with Crippen molar-refractivity contribution in [3.8, 4) is 11.5 Å². The van der Waals surface area contributed by atoms with Crippen LogP contribution in [-0.2, 0) is 19.6 Å². The monoisotopic (exact) mass is 417 g/mol. The molecule has 0 aliphatic heterocycles. The van der Waals surface area contributed by atoms with E-state index in [9.17, 15) is 13.2 Å². The molecule has 28 heavy (non-hydrogen) atoms. The third kappa shape index (κ3) is 4.71. The van der Waals surface area contributed by atoms with Crippen LogP contribution in [0.25, 0.3) is 0 Å².